The van der Waals surface area contributed by atoms with E-state index in [2.05, 4.69) is 13.8 Å². The molecule has 1 rings (SSSR count). The van der Waals surface area contributed by atoms with Gasteiger partial charge in [0.2, 0.25) is 0 Å². The van der Waals surface area contributed by atoms with Crippen LogP contribution in [0.1, 0.15) is 65.7 Å². The third kappa shape index (κ3) is 4.66. The van der Waals surface area contributed by atoms with Gasteiger partial charge in [-0.3, -0.25) is 4.79 Å². The molecule has 0 aromatic heterocycles. The minimum Gasteiger partial charge on any atom is -0.461 e. The second-order valence-electron chi connectivity index (χ2n) is 5.92. The van der Waals surface area contributed by atoms with Crippen LogP contribution < -0.4 is 5.73 Å². The predicted molar refractivity (Wildman–Crippen MR) is 69.6 cm³/mol. The Morgan fingerprint density at radius 3 is 2.18 bits per heavy atom. The van der Waals surface area contributed by atoms with Crippen LogP contribution in [0.2, 0.25) is 0 Å². The summed E-state index contributed by atoms with van der Waals surface area (Å²) in [7, 11) is 0. The van der Waals surface area contributed by atoms with Crippen LogP contribution >= 0.6 is 0 Å². The Kier molecular flexibility index (Phi) is 5.44. The van der Waals surface area contributed by atoms with E-state index in [4.69, 9.17) is 10.5 Å². The van der Waals surface area contributed by atoms with Crippen molar-refractivity contribution < 1.29 is 9.53 Å². The SMILES string of the molecule is CC(C)CC(C)OC(=O)C1(N)CCCCCC1. The fourth-order valence-electron chi connectivity index (χ4n) is 2.58. The Labute approximate surface area is 105 Å². The van der Waals surface area contributed by atoms with E-state index in [1.807, 2.05) is 6.92 Å². The lowest BCUT2D eigenvalue weighted by Gasteiger charge is -2.27. The maximum atomic E-state index is 12.1. The standard InChI is InChI=1S/C14H27NO2/c1-11(2)10-12(3)17-13(16)14(15)8-6-4-5-7-9-14/h11-12H,4-10,15H2,1-3H3. The van der Waals surface area contributed by atoms with Gasteiger partial charge in [0.1, 0.15) is 5.54 Å². The average molecular weight is 241 g/mol. The van der Waals surface area contributed by atoms with E-state index in [-0.39, 0.29) is 12.1 Å². The van der Waals surface area contributed by atoms with Gasteiger partial charge in [0.05, 0.1) is 6.10 Å². The molecule has 3 nitrogen and oxygen atoms in total. The van der Waals surface area contributed by atoms with Crippen molar-refractivity contribution in [3.05, 3.63) is 0 Å². The highest BCUT2D eigenvalue weighted by Gasteiger charge is 2.36. The average Bonchev–Trinajstić information content (AvgIpc) is 2.42. The highest BCUT2D eigenvalue weighted by atomic mass is 16.5. The van der Waals surface area contributed by atoms with Gasteiger partial charge in [-0.2, -0.15) is 0 Å². The van der Waals surface area contributed by atoms with Crippen molar-refractivity contribution in [1.29, 1.82) is 0 Å². The molecule has 0 saturated heterocycles. The van der Waals surface area contributed by atoms with Gasteiger partial charge in [0.15, 0.2) is 0 Å². The summed E-state index contributed by atoms with van der Waals surface area (Å²) in [5.74, 6) is 0.355. The summed E-state index contributed by atoms with van der Waals surface area (Å²) in [5, 5.41) is 0. The van der Waals surface area contributed by atoms with E-state index < -0.39 is 5.54 Å². The largest absolute Gasteiger partial charge is 0.461 e. The van der Waals surface area contributed by atoms with Gasteiger partial charge in [-0.25, -0.2) is 0 Å². The van der Waals surface area contributed by atoms with Crippen molar-refractivity contribution in [2.24, 2.45) is 11.7 Å². The Morgan fingerprint density at radius 2 is 1.71 bits per heavy atom. The molecule has 0 amide bonds. The molecule has 3 heteroatoms. The quantitative estimate of drug-likeness (QED) is 0.608. The molecule has 0 bridgehead atoms. The second-order valence-corrected chi connectivity index (χ2v) is 5.92. The molecule has 0 aromatic rings. The molecule has 1 saturated carbocycles. The van der Waals surface area contributed by atoms with E-state index in [1.54, 1.807) is 0 Å². The molecule has 0 spiro atoms. The van der Waals surface area contributed by atoms with Crippen LogP contribution in [0.5, 0.6) is 0 Å². The van der Waals surface area contributed by atoms with Gasteiger partial charge < -0.3 is 10.5 Å². The summed E-state index contributed by atoms with van der Waals surface area (Å²) in [6, 6.07) is 0. The first-order chi connectivity index (χ1) is 7.94. The fourth-order valence-corrected chi connectivity index (χ4v) is 2.58. The highest BCUT2D eigenvalue weighted by molar-refractivity contribution is 5.80. The summed E-state index contributed by atoms with van der Waals surface area (Å²) in [6.45, 7) is 6.22. The summed E-state index contributed by atoms with van der Waals surface area (Å²) in [4.78, 5) is 12.1. The van der Waals surface area contributed by atoms with Crippen LogP contribution in [-0.4, -0.2) is 17.6 Å². The third-order valence-corrected chi connectivity index (χ3v) is 3.51. The zero-order valence-corrected chi connectivity index (χ0v) is 11.5. The molecule has 0 aliphatic heterocycles. The lowest BCUT2D eigenvalue weighted by molar-refractivity contribution is -0.156. The van der Waals surface area contributed by atoms with E-state index >= 15 is 0 Å². The molecule has 1 fully saturated rings. The third-order valence-electron chi connectivity index (χ3n) is 3.51. The normalized spacial score (nSPS) is 21.9. The number of hydrogen-bond acceptors (Lipinski definition) is 3. The van der Waals surface area contributed by atoms with Crippen molar-refractivity contribution in [2.45, 2.75) is 77.4 Å². The lowest BCUT2D eigenvalue weighted by Crippen LogP contribution is -2.49. The summed E-state index contributed by atoms with van der Waals surface area (Å²) < 4.78 is 5.50. The zero-order chi connectivity index (χ0) is 12.9. The van der Waals surface area contributed by atoms with Crippen LogP contribution in [0.25, 0.3) is 0 Å². The maximum absolute atomic E-state index is 12.1. The van der Waals surface area contributed by atoms with Crippen molar-refractivity contribution >= 4 is 5.97 Å². The molecule has 1 aliphatic rings. The van der Waals surface area contributed by atoms with E-state index in [0.29, 0.717) is 5.92 Å². The van der Waals surface area contributed by atoms with Gasteiger partial charge in [-0.15, -0.1) is 0 Å². The molecule has 1 aliphatic carbocycles. The molecule has 0 aromatic carbocycles. The van der Waals surface area contributed by atoms with E-state index in [1.165, 1.54) is 12.8 Å². The van der Waals surface area contributed by atoms with E-state index in [0.717, 1.165) is 32.1 Å². The maximum Gasteiger partial charge on any atom is 0.326 e. The number of carbonyl (C=O) groups is 1. The molecule has 2 N–H and O–H groups in total. The molecule has 0 heterocycles. The minimum absolute atomic E-state index is 0.0221. The summed E-state index contributed by atoms with van der Waals surface area (Å²) in [5.41, 5.74) is 5.49. The van der Waals surface area contributed by atoms with Crippen molar-refractivity contribution in [3.8, 4) is 0 Å². The Balaban J connectivity index is 2.49. The van der Waals surface area contributed by atoms with Crippen LogP contribution in [-0.2, 0) is 9.53 Å². The number of hydrogen-bond donors (Lipinski definition) is 1. The van der Waals surface area contributed by atoms with Gasteiger partial charge >= 0.3 is 5.97 Å². The first-order valence-electron chi connectivity index (χ1n) is 6.94. The molecule has 0 radical (unpaired) electrons. The number of nitrogens with two attached hydrogens (primary N) is 1. The van der Waals surface area contributed by atoms with Crippen LogP contribution in [0, 0.1) is 5.92 Å². The lowest BCUT2D eigenvalue weighted by atomic mass is 9.91. The second kappa shape index (κ2) is 6.39. The molecular formula is C14H27NO2. The fraction of sp³-hybridized carbons (Fsp3) is 0.929. The highest BCUT2D eigenvalue weighted by Crippen LogP contribution is 2.26. The molecule has 1 unspecified atom stereocenters. The minimum atomic E-state index is -0.720. The predicted octanol–water partition coefficient (Wildman–Crippen LogP) is 3.02. The molecule has 1 atom stereocenters. The Morgan fingerprint density at radius 1 is 1.18 bits per heavy atom. The summed E-state index contributed by atoms with van der Waals surface area (Å²) >= 11 is 0. The Bertz CT molecular complexity index is 243. The monoisotopic (exact) mass is 241 g/mol. The summed E-state index contributed by atoms with van der Waals surface area (Å²) in [6.07, 6.45) is 6.91. The first-order valence-corrected chi connectivity index (χ1v) is 6.94. The number of esters is 1. The molecular weight excluding hydrogens is 214 g/mol. The van der Waals surface area contributed by atoms with Crippen LogP contribution in [0.3, 0.4) is 0 Å². The molecule has 17 heavy (non-hydrogen) atoms. The van der Waals surface area contributed by atoms with Gasteiger partial charge in [0.25, 0.3) is 0 Å². The smallest absolute Gasteiger partial charge is 0.326 e. The van der Waals surface area contributed by atoms with Crippen molar-refractivity contribution in [1.82, 2.24) is 0 Å². The first kappa shape index (κ1) is 14.5. The van der Waals surface area contributed by atoms with E-state index in [9.17, 15) is 4.79 Å². The van der Waals surface area contributed by atoms with Crippen LogP contribution in [0.15, 0.2) is 0 Å². The van der Waals surface area contributed by atoms with Crippen LogP contribution in [0.4, 0.5) is 0 Å². The Hall–Kier alpha value is -0.570. The number of carbonyl (C=O) groups excluding carboxylic acids is 1. The number of rotatable bonds is 4. The number of ether oxygens (including phenoxy) is 1. The van der Waals surface area contributed by atoms with Gasteiger partial charge in [0, 0.05) is 0 Å². The van der Waals surface area contributed by atoms with Crippen molar-refractivity contribution in [3.63, 3.8) is 0 Å². The van der Waals surface area contributed by atoms with Gasteiger partial charge in [-0.05, 0) is 32.1 Å². The topological polar surface area (TPSA) is 52.3 Å². The van der Waals surface area contributed by atoms with Crippen molar-refractivity contribution in [2.75, 3.05) is 0 Å². The zero-order valence-electron chi connectivity index (χ0n) is 11.5. The molecule has 100 valence electrons. The van der Waals surface area contributed by atoms with Gasteiger partial charge in [-0.1, -0.05) is 39.5 Å².